The van der Waals surface area contributed by atoms with Gasteiger partial charge in [0.15, 0.2) is 0 Å². The molecule has 0 aromatic heterocycles. The molecule has 0 amide bonds. The first kappa shape index (κ1) is 26.3. The molecule has 0 saturated heterocycles. The van der Waals surface area contributed by atoms with E-state index in [0.29, 0.717) is 5.56 Å². The van der Waals surface area contributed by atoms with Crippen LogP contribution in [0.25, 0.3) is 39.1 Å². The standard InChI is InChI=1S/C38H26N2O2/c39-26-33(38(41)42)25-27-13-15-28(16-14-27)29-17-19-30(20-18-29)31-21-23-35(24-22-31)40(34-9-2-1-3-10-34)37-12-6-8-32-7-4-5-11-36(32)37/h1-25H,(H,41,42)/b33-25-. The summed E-state index contributed by atoms with van der Waals surface area (Å²) in [5, 5.41) is 20.5. The van der Waals surface area contributed by atoms with Gasteiger partial charge in [0.25, 0.3) is 0 Å². The Bertz CT molecular complexity index is 1930. The predicted octanol–water partition coefficient (Wildman–Crippen LogP) is 9.64. The average molecular weight is 543 g/mol. The fraction of sp³-hybridized carbons (Fsp3) is 0. The molecule has 200 valence electrons. The SMILES string of the molecule is N#C/C(=C/c1ccc(-c2ccc(-c3ccc(N(c4ccccc4)c4cccc5ccccc45)cc3)cc2)cc1)C(=O)O. The molecular formula is C38H26N2O2. The number of aliphatic carboxylic acids is 1. The Morgan fingerprint density at radius 3 is 1.69 bits per heavy atom. The molecule has 0 bridgehead atoms. The number of nitrogens with zero attached hydrogens (tertiary/aromatic N) is 2. The van der Waals surface area contributed by atoms with Gasteiger partial charge >= 0.3 is 5.97 Å². The molecule has 0 saturated carbocycles. The molecule has 0 atom stereocenters. The molecule has 1 N–H and O–H groups in total. The van der Waals surface area contributed by atoms with Gasteiger partial charge in [-0.05, 0) is 69.6 Å². The van der Waals surface area contributed by atoms with E-state index in [9.17, 15) is 4.79 Å². The molecule has 0 unspecified atom stereocenters. The Morgan fingerprint density at radius 2 is 1.10 bits per heavy atom. The maximum atomic E-state index is 11.1. The Balaban J connectivity index is 1.28. The summed E-state index contributed by atoms with van der Waals surface area (Å²) in [6, 6.07) is 51.5. The van der Waals surface area contributed by atoms with Crippen LogP contribution in [0.5, 0.6) is 0 Å². The van der Waals surface area contributed by atoms with Crippen molar-refractivity contribution < 1.29 is 9.90 Å². The molecule has 4 nitrogen and oxygen atoms in total. The van der Waals surface area contributed by atoms with Crippen molar-refractivity contribution >= 4 is 39.9 Å². The van der Waals surface area contributed by atoms with E-state index in [1.54, 1.807) is 6.07 Å². The molecule has 4 heteroatoms. The summed E-state index contributed by atoms with van der Waals surface area (Å²) in [6.07, 6.45) is 1.37. The quantitative estimate of drug-likeness (QED) is 0.161. The smallest absolute Gasteiger partial charge is 0.346 e. The molecule has 0 spiro atoms. The van der Waals surface area contributed by atoms with Crippen LogP contribution >= 0.6 is 0 Å². The highest BCUT2D eigenvalue weighted by Gasteiger charge is 2.15. The summed E-state index contributed by atoms with van der Waals surface area (Å²) in [4.78, 5) is 13.4. The van der Waals surface area contributed by atoms with Gasteiger partial charge in [0.1, 0.15) is 11.6 Å². The second-order valence-electron chi connectivity index (χ2n) is 9.89. The van der Waals surface area contributed by atoms with Gasteiger partial charge in [-0.1, -0.05) is 115 Å². The molecule has 6 aromatic rings. The number of carbonyl (C=O) groups is 1. The van der Waals surface area contributed by atoms with Gasteiger partial charge in [-0.25, -0.2) is 4.79 Å². The highest BCUT2D eigenvalue weighted by Crippen LogP contribution is 2.39. The maximum Gasteiger partial charge on any atom is 0.346 e. The largest absolute Gasteiger partial charge is 0.477 e. The van der Waals surface area contributed by atoms with E-state index in [1.807, 2.05) is 30.3 Å². The van der Waals surface area contributed by atoms with Crippen molar-refractivity contribution in [2.24, 2.45) is 0 Å². The van der Waals surface area contributed by atoms with Crippen molar-refractivity contribution in [2.45, 2.75) is 0 Å². The number of anilines is 3. The van der Waals surface area contributed by atoms with E-state index in [1.165, 1.54) is 16.8 Å². The number of para-hydroxylation sites is 1. The zero-order valence-electron chi connectivity index (χ0n) is 22.7. The van der Waals surface area contributed by atoms with Crippen molar-refractivity contribution in [3.8, 4) is 28.3 Å². The third-order valence-corrected chi connectivity index (χ3v) is 7.27. The fourth-order valence-electron chi connectivity index (χ4n) is 5.15. The van der Waals surface area contributed by atoms with Crippen LogP contribution in [-0.2, 0) is 4.79 Å². The van der Waals surface area contributed by atoms with E-state index in [2.05, 4.69) is 120 Å². The van der Waals surface area contributed by atoms with Crippen LogP contribution in [0.2, 0.25) is 0 Å². The number of carboxylic acid groups (broad SMARTS) is 1. The van der Waals surface area contributed by atoms with Crippen LogP contribution in [0.15, 0.2) is 151 Å². The lowest BCUT2D eigenvalue weighted by Crippen LogP contribution is -2.10. The summed E-state index contributed by atoms with van der Waals surface area (Å²) >= 11 is 0. The van der Waals surface area contributed by atoms with Gasteiger partial charge in [0.2, 0.25) is 0 Å². The van der Waals surface area contributed by atoms with Crippen molar-refractivity contribution in [1.29, 1.82) is 5.26 Å². The van der Waals surface area contributed by atoms with Crippen molar-refractivity contribution in [1.82, 2.24) is 0 Å². The minimum atomic E-state index is -1.23. The summed E-state index contributed by atoms with van der Waals surface area (Å²) < 4.78 is 0. The second kappa shape index (κ2) is 11.7. The Hall–Kier alpha value is -5.92. The number of fused-ring (bicyclic) bond motifs is 1. The summed E-state index contributed by atoms with van der Waals surface area (Å²) in [5.74, 6) is -1.23. The minimum Gasteiger partial charge on any atom is -0.477 e. The molecular weight excluding hydrogens is 516 g/mol. The normalized spacial score (nSPS) is 11.2. The van der Waals surface area contributed by atoms with E-state index >= 15 is 0 Å². The average Bonchev–Trinajstić information content (AvgIpc) is 3.05. The first-order valence-corrected chi connectivity index (χ1v) is 13.6. The van der Waals surface area contributed by atoms with Gasteiger partial charge in [-0.2, -0.15) is 5.26 Å². The summed E-state index contributed by atoms with van der Waals surface area (Å²) in [5.41, 5.74) is 7.98. The molecule has 0 heterocycles. The van der Waals surface area contributed by atoms with E-state index in [-0.39, 0.29) is 5.57 Å². The minimum absolute atomic E-state index is 0.290. The van der Waals surface area contributed by atoms with Crippen LogP contribution in [0, 0.1) is 11.3 Å². The van der Waals surface area contributed by atoms with Gasteiger partial charge in [-0.15, -0.1) is 0 Å². The summed E-state index contributed by atoms with van der Waals surface area (Å²) in [6.45, 7) is 0. The van der Waals surface area contributed by atoms with Crippen LogP contribution in [0.1, 0.15) is 5.56 Å². The zero-order valence-corrected chi connectivity index (χ0v) is 22.7. The number of carboxylic acids is 1. The second-order valence-corrected chi connectivity index (χ2v) is 9.89. The Kier molecular flexibility index (Phi) is 7.31. The number of benzene rings is 6. The lowest BCUT2D eigenvalue weighted by atomic mass is 9.99. The van der Waals surface area contributed by atoms with E-state index in [0.717, 1.165) is 39.3 Å². The predicted molar refractivity (Wildman–Crippen MR) is 171 cm³/mol. The number of hydrogen-bond acceptors (Lipinski definition) is 3. The van der Waals surface area contributed by atoms with Crippen molar-refractivity contribution in [3.63, 3.8) is 0 Å². The first-order chi connectivity index (χ1) is 20.6. The topological polar surface area (TPSA) is 64.3 Å². The first-order valence-electron chi connectivity index (χ1n) is 13.6. The highest BCUT2D eigenvalue weighted by atomic mass is 16.4. The monoisotopic (exact) mass is 542 g/mol. The molecule has 0 aliphatic carbocycles. The van der Waals surface area contributed by atoms with Crippen molar-refractivity contribution in [3.05, 3.63) is 157 Å². The fourth-order valence-corrected chi connectivity index (χ4v) is 5.15. The number of nitriles is 1. The van der Waals surface area contributed by atoms with Gasteiger partial charge in [0.05, 0.1) is 5.69 Å². The van der Waals surface area contributed by atoms with Crippen LogP contribution in [-0.4, -0.2) is 11.1 Å². The molecule has 0 aliphatic heterocycles. The zero-order chi connectivity index (χ0) is 28.9. The molecule has 0 radical (unpaired) electrons. The lowest BCUT2D eigenvalue weighted by Gasteiger charge is -2.27. The Morgan fingerprint density at radius 1 is 0.595 bits per heavy atom. The summed E-state index contributed by atoms with van der Waals surface area (Å²) in [7, 11) is 0. The molecule has 42 heavy (non-hydrogen) atoms. The third-order valence-electron chi connectivity index (χ3n) is 7.27. The molecule has 0 fully saturated rings. The third kappa shape index (κ3) is 5.40. The number of rotatable bonds is 7. The lowest BCUT2D eigenvalue weighted by molar-refractivity contribution is -0.132. The van der Waals surface area contributed by atoms with Gasteiger partial charge in [0, 0.05) is 16.8 Å². The van der Waals surface area contributed by atoms with E-state index in [4.69, 9.17) is 10.4 Å². The maximum absolute atomic E-state index is 11.1. The van der Waals surface area contributed by atoms with Crippen LogP contribution in [0.4, 0.5) is 17.1 Å². The molecule has 6 aromatic carbocycles. The Labute approximate surface area is 244 Å². The van der Waals surface area contributed by atoms with Gasteiger partial charge in [-0.3, -0.25) is 0 Å². The van der Waals surface area contributed by atoms with E-state index < -0.39 is 5.97 Å². The molecule has 6 rings (SSSR count). The molecule has 0 aliphatic rings. The van der Waals surface area contributed by atoms with Crippen LogP contribution < -0.4 is 4.90 Å². The van der Waals surface area contributed by atoms with Crippen molar-refractivity contribution in [2.75, 3.05) is 4.90 Å². The number of hydrogen-bond donors (Lipinski definition) is 1. The van der Waals surface area contributed by atoms with Crippen LogP contribution in [0.3, 0.4) is 0 Å². The van der Waals surface area contributed by atoms with Gasteiger partial charge < -0.3 is 10.0 Å². The highest BCUT2D eigenvalue weighted by molar-refractivity contribution is 5.99.